The highest BCUT2D eigenvalue weighted by Crippen LogP contribution is 2.27. The van der Waals surface area contributed by atoms with Gasteiger partial charge in [0.25, 0.3) is 5.56 Å². The Bertz CT molecular complexity index is 1010. The number of hydrogen-bond acceptors (Lipinski definition) is 2. The third-order valence-corrected chi connectivity index (χ3v) is 5.73. The predicted molar refractivity (Wildman–Crippen MR) is 107 cm³/mol. The number of carbonyl (C=O) groups excluding carboxylic acids is 1. The summed E-state index contributed by atoms with van der Waals surface area (Å²) in [5, 5.41) is 1.20. The van der Waals surface area contributed by atoms with Gasteiger partial charge in [-0.3, -0.25) is 9.59 Å². The van der Waals surface area contributed by atoms with E-state index >= 15 is 0 Å². The van der Waals surface area contributed by atoms with Crippen LogP contribution >= 0.6 is 0 Å². The molecule has 140 valence electrons. The number of pyridine rings is 1. The topological polar surface area (TPSA) is 58.1 Å². The van der Waals surface area contributed by atoms with Crippen molar-refractivity contribution in [3.8, 4) is 0 Å². The molecule has 5 nitrogen and oxygen atoms in total. The lowest BCUT2D eigenvalue weighted by Gasteiger charge is -2.32. The zero-order valence-electron chi connectivity index (χ0n) is 15.6. The van der Waals surface area contributed by atoms with Crippen LogP contribution in [0, 0.1) is 0 Å². The van der Waals surface area contributed by atoms with Gasteiger partial charge in [-0.1, -0.05) is 18.2 Å². The Morgan fingerprint density at radius 2 is 1.96 bits per heavy atom. The fourth-order valence-corrected chi connectivity index (χ4v) is 4.02. The number of carbonyl (C=O) groups is 1. The lowest BCUT2D eigenvalue weighted by Crippen LogP contribution is -2.38. The SMILES string of the molecule is Cn1ccc(C2CCN(C(=O)CCc3c[nH]c4ccccc34)CC2)cc1=O. The van der Waals surface area contributed by atoms with Gasteiger partial charge in [-0.2, -0.15) is 0 Å². The molecule has 1 saturated heterocycles. The summed E-state index contributed by atoms with van der Waals surface area (Å²) in [6, 6.07) is 12.0. The molecule has 0 aliphatic carbocycles. The molecule has 5 heteroatoms. The smallest absolute Gasteiger partial charge is 0.250 e. The molecule has 0 saturated carbocycles. The van der Waals surface area contributed by atoms with E-state index in [4.69, 9.17) is 0 Å². The normalized spacial score (nSPS) is 15.4. The fraction of sp³-hybridized carbons (Fsp3) is 0.364. The summed E-state index contributed by atoms with van der Waals surface area (Å²) in [5.41, 5.74) is 3.46. The van der Waals surface area contributed by atoms with Crippen LogP contribution < -0.4 is 5.56 Å². The van der Waals surface area contributed by atoms with Gasteiger partial charge in [0.05, 0.1) is 0 Å². The molecule has 0 unspecified atom stereocenters. The number of rotatable bonds is 4. The molecule has 0 bridgehead atoms. The second-order valence-electron chi connectivity index (χ2n) is 7.42. The maximum absolute atomic E-state index is 12.6. The lowest BCUT2D eigenvalue weighted by molar-refractivity contribution is -0.132. The van der Waals surface area contributed by atoms with Gasteiger partial charge >= 0.3 is 0 Å². The minimum absolute atomic E-state index is 0.0322. The van der Waals surface area contributed by atoms with E-state index in [9.17, 15) is 9.59 Å². The molecule has 1 aliphatic rings. The molecule has 0 atom stereocenters. The Kier molecular flexibility index (Phi) is 4.84. The lowest BCUT2D eigenvalue weighted by atomic mass is 9.90. The van der Waals surface area contributed by atoms with Gasteiger partial charge in [-0.05, 0) is 48.4 Å². The van der Waals surface area contributed by atoms with Crippen LogP contribution in [0.15, 0.2) is 53.6 Å². The van der Waals surface area contributed by atoms with Crippen LogP contribution in [0.25, 0.3) is 10.9 Å². The number of aromatic nitrogens is 2. The molecule has 1 aliphatic heterocycles. The minimum atomic E-state index is 0.0322. The van der Waals surface area contributed by atoms with Crippen molar-refractivity contribution < 1.29 is 4.79 Å². The van der Waals surface area contributed by atoms with Crippen LogP contribution in [0.5, 0.6) is 0 Å². The number of nitrogens with zero attached hydrogens (tertiary/aromatic N) is 2. The number of H-pyrrole nitrogens is 1. The Morgan fingerprint density at radius 1 is 1.19 bits per heavy atom. The fourth-order valence-electron chi connectivity index (χ4n) is 4.02. The largest absolute Gasteiger partial charge is 0.361 e. The van der Waals surface area contributed by atoms with Crippen molar-refractivity contribution in [2.45, 2.75) is 31.6 Å². The van der Waals surface area contributed by atoms with Gasteiger partial charge in [-0.15, -0.1) is 0 Å². The highest BCUT2D eigenvalue weighted by Gasteiger charge is 2.24. The summed E-state index contributed by atoms with van der Waals surface area (Å²) >= 11 is 0. The number of nitrogens with one attached hydrogen (secondary N) is 1. The zero-order valence-corrected chi connectivity index (χ0v) is 15.6. The summed E-state index contributed by atoms with van der Waals surface area (Å²) in [7, 11) is 1.76. The maximum atomic E-state index is 12.6. The average molecular weight is 363 g/mol. The van der Waals surface area contributed by atoms with Gasteiger partial charge in [0.15, 0.2) is 0 Å². The molecule has 2 aromatic heterocycles. The number of aryl methyl sites for hydroxylation is 2. The van der Waals surface area contributed by atoms with Crippen LogP contribution in [-0.4, -0.2) is 33.4 Å². The molecule has 3 aromatic rings. The van der Waals surface area contributed by atoms with Crippen LogP contribution in [0.2, 0.25) is 0 Å². The number of amides is 1. The van der Waals surface area contributed by atoms with Crippen molar-refractivity contribution in [1.82, 2.24) is 14.5 Å². The van der Waals surface area contributed by atoms with Crippen molar-refractivity contribution in [3.63, 3.8) is 0 Å². The van der Waals surface area contributed by atoms with Crippen LogP contribution in [0.4, 0.5) is 0 Å². The Morgan fingerprint density at radius 3 is 2.74 bits per heavy atom. The highest BCUT2D eigenvalue weighted by molar-refractivity contribution is 5.84. The van der Waals surface area contributed by atoms with Gasteiger partial charge in [0.2, 0.25) is 5.91 Å². The van der Waals surface area contributed by atoms with E-state index in [0.29, 0.717) is 12.3 Å². The summed E-state index contributed by atoms with van der Waals surface area (Å²) in [6.45, 7) is 1.54. The van der Waals surface area contributed by atoms with Gasteiger partial charge in [0, 0.05) is 55.9 Å². The van der Waals surface area contributed by atoms with Crippen molar-refractivity contribution in [1.29, 1.82) is 0 Å². The Hall–Kier alpha value is -2.82. The van der Waals surface area contributed by atoms with Crippen molar-refractivity contribution >= 4 is 16.8 Å². The van der Waals surface area contributed by atoms with Crippen molar-refractivity contribution in [2.75, 3.05) is 13.1 Å². The third-order valence-electron chi connectivity index (χ3n) is 5.73. The van der Waals surface area contributed by atoms with E-state index in [1.165, 1.54) is 10.9 Å². The van der Waals surface area contributed by atoms with E-state index in [1.54, 1.807) is 17.7 Å². The van der Waals surface area contributed by atoms with Gasteiger partial charge < -0.3 is 14.5 Å². The second kappa shape index (κ2) is 7.43. The zero-order chi connectivity index (χ0) is 18.8. The number of hydrogen-bond donors (Lipinski definition) is 1. The average Bonchev–Trinajstić information content (AvgIpc) is 3.11. The monoisotopic (exact) mass is 363 g/mol. The molecule has 1 fully saturated rings. The maximum Gasteiger partial charge on any atom is 0.250 e. The first-order valence-corrected chi connectivity index (χ1v) is 9.61. The van der Waals surface area contributed by atoms with Crippen molar-refractivity contribution in [3.05, 3.63) is 70.3 Å². The quantitative estimate of drug-likeness (QED) is 0.774. The number of benzene rings is 1. The molecular weight excluding hydrogens is 338 g/mol. The molecule has 27 heavy (non-hydrogen) atoms. The molecule has 4 rings (SSSR count). The molecule has 1 aromatic carbocycles. The number of piperidine rings is 1. The molecule has 1 N–H and O–H groups in total. The van der Waals surface area contributed by atoms with E-state index in [0.717, 1.165) is 43.4 Å². The third kappa shape index (κ3) is 3.68. The van der Waals surface area contributed by atoms with E-state index in [2.05, 4.69) is 17.1 Å². The standard InChI is InChI=1S/C22H25N3O2/c1-24-11-8-17(14-22(24)27)16-9-12-25(13-10-16)21(26)7-6-18-15-23-20-5-3-2-4-19(18)20/h2-5,8,11,14-16,23H,6-7,9-10,12-13H2,1H3. The molecule has 0 radical (unpaired) electrons. The van der Waals surface area contributed by atoms with Gasteiger partial charge in [0.1, 0.15) is 0 Å². The van der Waals surface area contributed by atoms with Crippen molar-refractivity contribution in [2.24, 2.45) is 7.05 Å². The van der Waals surface area contributed by atoms with E-state index in [1.807, 2.05) is 35.5 Å². The highest BCUT2D eigenvalue weighted by atomic mass is 16.2. The first kappa shape index (κ1) is 17.6. The van der Waals surface area contributed by atoms with Crippen LogP contribution in [-0.2, 0) is 18.3 Å². The van der Waals surface area contributed by atoms with Crippen LogP contribution in [0.3, 0.4) is 0 Å². The van der Waals surface area contributed by atoms with E-state index < -0.39 is 0 Å². The molecule has 1 amide bonds. The second-order valence-corrected chi connectivity index (χ2v) is 7.42. The molecule has 3 heterocycles. The number of fused-ring (bicyclic) bond motifs is 1. The molecular formula is C22H25N3O2. The summed E-state index contributed by atoms with van der Waals surface area (Å²) in [6.07, 6.45) is 6.99. The van der Waals surface area contributed by atoms with Crippen LogP contribution in [0.1, 0.15) is 36.3 Å². The predicted octanol–water partition coefficient (Wildman–Crippen LogP) is 3.21. The Labute approximate surface area is 158 Å². The first-order valence-electron chi connectivity index (χ1n) is 9.61. The first-order chi connectivity index (χ1) is 13.1. The van der Waals surface area contributed by atoms with Gasteiger partial charge in [-0.25, -0.2) is 0 Å². The number of para-hydroxylation sites is 1. The summed E-state index contributed by atoms with van der Waals surface area (Å²) < 4.78 is 1.59. The summed E-state index contributed by atoms with van der Waals surface area (Å²) in [5.74, 6) is 0.597. The molecule has 0 spiro atoms. The minimum Gasteiger partial charge on any atom is -0.361 e. The number of aromatic amines is 1. The summed E-state index contributed by atoms with van der Waals surface area (Å²) in [4.78, 5) is 29.7. The Balaban J connectivity index is 1.33. The number of likely N-dealkylation sites (tertiary alicyclic amines) is 1. The van der Waals surface area contributed by atoms with E-state index in [-0.39, 0.29) is 11.5 Å².